The zero-order chi connectivity index (χ0) is 19.4. The largest absolute Gasteiger partial charge is 0.469 e. The number of rotatable bonds is 6. The molecule has 0 saturated carbocycles. The number of hydrogen-bond acceptors (Lipinski definition) is 3. The minimum absolute atomic E-state index is 0.0981. The van der Waals surface area contributed by atoms with E-state index in [0.717, 1.165) is 27.6 Å². The van der Waals surface area contributed by atoms with Crippen LogP contribution in [0.25, 0.3) is 10.9 Å². The number of carbonyl (C=O) groups excluding carboxylic acids is 2. The van der Waals surface area contributed by atoms with Gasteiger partial charge in [0.15, 0.2) is 0 Å². The first kappa shape index (κ1) is 18.7. The average Bonchev–Trinajstić information content (AvgIpc) is 2.97. The lowest BCUT2D eigenvalue weighted by molar-refractivity contribution is -0.141. The average molecular weight is 364 g/mol. The summed E-state index contributed by atoms with van der Waals surface area (Å²) in [6.45, 7) is 2.00. The van der Waals surface area contributed by atoms with Crippen LogP contribution in [0.3, 0.4) is 0 Å². The highest BCUT2D eigenvalue weighted by Crippen LogP contribution is 2.22. The molecule has 0 aliphatic heterocycles. The number of nitrogens with one attached hydrogen (secondary N) is 1. The summed E-state index contributed by atoms with van der Waals surface area (Å²) < 4.78 is 6.81. The van der Waals surface area contributed by atoms with Crippen molar-refractivity contribution < 1.29 is 14.3 Å². The van der Waals surface area contributed by atoms with Gasteiger partial charge in [0.05, 0.1) is 26.0 Å². The maximum Gasteiger partial charge on any atom is 0.307 e. The Kier molecular flexibility index (Phi) is 5.60. The van der Waals surface area contributed by atoms with Gasteiger partial charge in [-0.3, -0.25) is 9.59 Å². The molecular formula is C22H24N2O3. The highest BCUT2D eigenvalue weighted by Gasteiger charge is 2.20. The van der Waals surface area contributed by atoms with Crippen molar-refractivity contribution in [3.05, 3.63) is 71.4 Å². The Morgan fingerprint density at radius 2 is 1.81 bits per heavy atom. The first-order valence-electron chi connectivity index (χ1n) is 8.93. The maximum atomic E-state index is 12.7. The number of aryl methyl sites for hydroxylation is 2. The number of hydrogen-bond donors (Lipinski definition) is 1. The summed E-state index contributed by atoms with van der Waals surface area (Å²) >= 11 is 0. The van der Waals surface area contributed by atoms with Crippen LogP contribution in [-0.2, 0) is 27.8 Å². The first-order valence-corrected chi connectivity index (χ1v) is 8.93. The van der Waals surface area contributed by atoms with Gasteiger partial charge in [0, 0.05) is 24.1 Å². The number of esters is 1. The molecule has 0 radical (unpaired) electrons. The zero-order valence-electron chi connectivity index (χ0n) is 15.9. The topological polar surface area (TPSA) is 60.3 Å². The lowest BCUT2D eigenvalue weighted by Gasteiger charge is -2.18. The molecule has 5 nitrogen and oxygen atoms in total. The molecule has 5 heteroatoms. The van der Waals surface area contributed by atoms with Gasteiger partial charge >= 0.3 is 5.97 Å². The second-order valence-corrected chi connectivity index (χ2v) is 6.77. The molecule has 1 unspecified atom stereocenters. The summed E-state index contributed by atoms with van der Waals surface area (Å²) in [4.78, 5) is 24.5. The molecule has 140 valence electrons. The predicted octanol–water partition coefficient (Wildman–Crippen LogP) is 3.45. The van der Waals surface area contributed by atoms with Gasteiger partial charge < -0.3 is 14.6 Å². The van der Waals surface area contributed by atoms with Crippen LogP contribution < -0.4 is 5.32 Å². The first-order chi connectivity index (χ1) is 13.0. The van der Waals surface area contributed by atoms with E-state index in [2.05, 4.69) is 5.32 Å². The van der Waals surface area contributed by atoms with Crippen molar-refractivity contribution in [1.82, 2.24) is 9.88 Å². The van der Waals surface area contributed by atoms with Crippen molar-refractivity contribution in [2.45, 2.75) is 25.8 Å². The molecule has 0 fully saturated rings. The molecule has 0 bridgehead atoms. The van der Waals surface area contributed by atoms with Crippen LogP contribution in [0.1, 0.15) is 29.2 Å². The van der Waals surface area contributed by atoms with Crippen LogP contribution in [0.4, 0.5) is 0 Å². The van der Waals surface area contributed by atoms with E-state index < -0.39 is 6.04 Å². The molecule has 1 aromatic heterocycles. The quantitative estimate of drug-likeness (QED) is 0.682. The standard InChI is InChI=1S/C22H24N2O3/c1-15-8-10-16(11-9-15)19(13-22(26)27-3)23-21(25)12-17-14-24(2)20-7-5-4-6-18(17)20/h4-11,14,19H,12-13H2,1-3H3,(H,23,25). The Morgan fingerprint density at radius 3 is 2.52 bits per heavy atom. The number of aromatic nitrogens is 1. The molecule has 3 aromatic rings. The van der Waals surface area contributed by atoms with Crippen LogP contribution in [0.15, 0.2) is 54.7 Å². The van der Waals surface area contributed by atoms with Crippen molar-refractivity contribution in [3.8, 4) is 0 Å². The van der Waals surface area contributed by atoms with E-state index in [1.165, 1.54) is 7.11 Å². The van der Waals surface area contributed by atoms with Gasteiger partial charge in [-0.15, -0.1) is 0 Å². The van der Waals surface area contributed by atoms with E-state index >= 15 is 0 Å². The molecule has 0 saturated heterocycles. The minimum Gasteiger partial charge on any atom is -0.469 e. The van der Waals surface area contributed by atoms with Crippen molar-refractivity contribution in [2.75, 3.05) is 7.11 Å². The van der Waals surface area contributed by atoms with Crippen molar-refractivity contribution in [2.24, 2.45) is 7.05 Å². The van der Waals surface area contributed by atoms with Gasteiger partial charge in [0.1, 0.15) is 0 Å². The normalized spacial score (nSPS) is 12.0. The Hall–Kier alpha value is -3.08. The van der Waals surface area contributed by atoms with Crippen LogP contribution in [0.5, 0.6) is 0 Å². The zero-order valence-corrected chi connectivity index (χ0v) is 15.9. The van der Waals surface area contributed by atoms with E-state index in [-0.39, 0.29) is 24.7 Å². The van der Waals surface area contributed by atoms with Crippen molar-refractivity contribution >= 4 is 22.8 Å². The number of amides is 1. The summed E-state index contributed by atoms with van der Waals surface area (Å²) in [7, 11) is 3.32. The van der Waals surface area contributed by atoms with E-state index in [9.17, 15) is 9.59 Å². The molecule has 0 aliphatic rings. The van der Waals surface area contributed by atoms with E-state index in [1.807, 2.05) is 73.3 Å². The van der Waals surface area contributed by atoms with Crippen molar-refractivity contribution in [3.63, 3.8) is 0 Å². The number of fused-ring (bicyclic) bond motifs is 1. The molecule has 2 aromatic carbocycles. The predicted molar refractivity (Wildman–Crippen MR) is 105 cm³/mol. The molecule has 1 N–H and O–H groups in total. The Morgan fingerprint density at radius 1 is 1.11 bits per heavy atom. The van der Waals surface area contributed by atoms with Gasteiger partial charge in [-0.2, -0.15) is 0 Å². The summed E-state index contributed by atoms with van der Waals surface area (Å²) in [5.74, 6) is -0.480. The van der Waals surface area contributed by atoms with Gasteiger partial charge in [0.25, 0.3) is 0 Å². The summed E-state index contributed by atoms with van der Waals surface area (Å²) in [6.07, 6.45) is 2.33. The monoisotopic (exact) mass is 364 g/mol. The van der Waals surface area contributed by atoms with E-state index in [4.69, 9.17) is 4.74 Å². The fourth-order valence-electron chi connectivity index (χ4n) is 3.29. The lowest BCUT2D eigenvalue weighted by Crippen LogP contribution is -2.31. The van der Waals surface area contributed by atoms with Gasteiger partial charge in [-0.05, 0) is 24.1 Å². The Balaban J connectivity index is 1.79. The van der Waals surface area contributed by atoms with Gasteiger partial charge in [-0.25, -0.2) is 0 Å². The number of nitrogens with zero attached hydrogens (tertiary/aromatic N) is 1. The molecular weight excluding hydrogens is 340 g/mol. The number of carbonyl (C=O) groups is 2. The Labute approximate surface area is 158 Å². The molecule has 1 atom stereocenters. The van der Waals surface area contributed by atoms with Crippen molar-refractivity contribution in [1.29, 1.82) is 0 Å². The highest BCUT2D eigenvalue weighted by molar-refractivity contribution is 5.89. The van der Waals surface area contributed by atoms with E-state index in [1.54, 1.807) is 0 Å². The third-order valence-corrected chi connectivity index (χ3v) is 4.74. The molecule has 0 aliphatic carbocycles. The smallest absolute Gasteiger partial charge is 0.307 e. The number of ether oxygens (including phenoxy) is 1. The number of para-hydroxylation sites is 1. The maximum absolute atomic E-state index is 12.7. The second-order valence-electron chi connectivity index (χ2n) is 6.77. The van der Waals surface area contributed by atoms with Gasteiger partial charge in [0.2, 0.25) is 5.91 Å². The molecule has 1 heterocycles. The minimum atomic E-state index is -0.416. The third kappa shape index (κ3) is 4.37. The highest BCUT2D eigenvalue weighted by atomic mass is 16.5. The van der Waals surface area contributed by atoms with Crippen LogP contribution >= 0.6 is 0 Å². The SMILES string of the molecule is COC(=O)CC(NC(=O)Cc1cn(C)c2ccccc12)c1ccc(C)cc1. The van der Waals surface area contributed by atoms with E-state index in [0.29, 0.717) is 0 Å². The Bertz CT molecular complexity index is 957. The molecule has 3 rings (SSSR count). The lowest BCUT2D eigenvalue weighted by atomic mass is 10.0. The third-order valence-electron chi connectivity index (χ3n) is 4.74. The summed E-state index contributed by atoms with van der Waals surface area (Å²) in [6, 6.07) is 15.4. The fourth-order valence-corrected chi connectivity index (χ4v) is 3.29. The molecule has 27 heavy (non-hydrogen) atoms. The number of benzene rings is 2. The van der Waals surface area contributed by atoms with Crippen LogP contribution in [-0.4, -0.2) is 23.6 Å². The number of methoxy groups -OCH3 is 1. The fraction of sp³-hybridized carbons (Fsp3) is 0.273. The molecule has 0 spiro atoms. The molecule has 1 amide bonds. The van der Waals surface area contributed by atoms with Gasteiger partial charge in [-0.1, -0.05) is 48.0 Å². The second kappa shape index (κ2) is 8.08. The van der Waals surface area contributed by atoms with Crippen LogP contribution in [0.2, 0.25) is 0 Å². The van der Waals surface area contributed by atoms with Crippen LogP contribution in [0, 0.1) is 6.92 Å². The summed E-state index contributed by atoms with van der Waals surface area (Å²) in [5, 5.41) is 4.06. The summed E-state index contributed by atoms with van der Waals surface area (Å²) in [5.41, 5.74) is 4.06.